The van der Waals surface area contributed by atoms with E-state index in [-0.39, 0.29) is 18.5 Å². The van der Waals surface area contributed by atoms with Gasteiger partial charge >= 0.3 is 0 Å². The van der Waals surface area contributed by atoms with E-state index >= 15 is 4.39 Å². The van der Waals surface area contributed by atoms with Crippen LogP contribution in [0.4, 0.5) is 4.39 Å². The molecule has 1 saturated heterocycles. The normalized spacial score (nSPS) is 27.0. The topological polar surface area (TPSA) is 67.4 Å². The number of alkyl halides is 1. The van der Waals surface area contributed by atoms with E-state index in [4.69, 9.17) is 27.9 Å². The molecule has 0 aromatic carbocycles. The lowest BCUT2D eigenvalue weighted by atomic mass is 9.77. The molecule has 0 unspecified atom stereocenters. The highest BCUT2D eigenvalue weighted by Gasteiger charge is 2.58. The van der Waals surface area contributed by atoms with E-state index in [2.05, 4.69) is 15.3 Å². The molecule has 0 radical (unpaired) electrons. The predicted octanol–water partition coefficient (Wildman–Crippen LogP) is 3.28. The van der Waals surface area contributed by atoms with Crippen molar-refractivity contribution in [2.75, 3.05) is 6.61 Å². The van der Waals surface area contributed by atoms with Gasteiger partial charge in [-0.3, -0.25) is 14.8 Å². The number of carbonyl (C=O) groups is 1. The minimum atomic E-state index is -2.15. The molecule has 5 nitrogen and oxygen atoms in total. The van der Waals surface area contributed by atoms with Gasteiger partial charge in [0.1, 0.15) is 5.60 Å². The smallest absolute Gasteiger partial charge is 0.262 e. The van der Waals surface area contributed by atoms with Crippen LogP contribution in [0.1, 0.15) is 29.8 Å². The lowest BCUT2D eigenvalue weighted by Crippen LogP contribution is -2.45. The summed E-state index contributed by atoms with van der Waals surface area (Å²) >= 11 is 11.8. The second kappa shape index (κ2) is 5.90. The summed E-state index contributed by atoms with van der Waals surface area (Å²) in [5.74, 6) is -0.731. The molecule has 0 bridgehead atoms. The van der Waals surface area contributed by atoms with Gasteiger partial charge in [0.05, 0.1) is 34.6 Å². The molecule has 4 rings (SSSR count). The summed E-state index contributed by atoms with van der Waals surface area (Å²) in [5.41, 5.74) is -1.46. The van der Waals surface area contributed by atoms with Crippen LogP contribution in [0.2, 0.25) is 10.0 Å². The van der Waals surface area contributed by atoms with Crippen molar-refractivity contribution in [2.45, 2.75) is 30.7 Å². The summed E-state index contributed by atoms with van der Waals surface area (Å²) in [4.78, 5) is 20.9. The van der Waals surface area contributed by atoms with Gasteiger partial charge in [-0.25, -0.2) is 4.39 Å². The Labute approximate surface area is 153 Å². The first-order valence-corrected chi connectivity index (χ1v) is 8.57. The number of ether oxygens (including phenoxy) is 1. The molecule has 3 heterocycles. The van der Waals surface area contributed by atoms with Crippen molar-refractivity contribution in [1.29, 1.82) is 0 Å². The number of hydrogen-bond donors (Lipinski definition) is 1. The van der Waals surface area contributed by atoms with Gasteiger partial charge in [-0.1, -0.05) is 29.3 Å². The third kappa shape index (κ3) is 2.78. The summed E-state index contributed by atoms with van der Waals surface area (Å²) in [5, 5.41) is 3.29. The van der Waals surface area contributed by atoms with Crippen LogP contribution in [0.25, 0.3) is 0 Å². The van der Waals surface area contributed by atoms with Gasteiger partial charge in [0, 0.05) is 18.0 Å². The first-order chi connectivity index (χ1) is 11.9. The molecule has 130 valence electrons. The number of carbonyl (C=O) groups excluding carboxylic acids is 1. The van der Waals surface area contributed by atoms with Crippen molar-refractivity contribution >= 4 is 29.1 Å². The van der Waals surface area contributed by atoms with E-state index in [1.807, 2.05) is 0 Å². The first-order valence-electron chi connectivity index (χ1n) is 7.82. The molecule has 8 heteroatoms. The zero-order valence-electron chi connectivity index (χ0n) is 13.1. The molecular weight excluding hydrogens is 368 g/mol. The van der Waals surface area contributed by atoms with Crippen molar-refractivity contribution < 1.29 is 13.9 Å². The Balaban J connectivity index is 1.57. The molecule has 25 heavy (non-hydrogen) atoms. The number of pyridine rings is 2. The van der Waals surface area contributed by atoms with Crippen molar-refractivity contribution in [2.24, 2.45) is 0 Å². The van der Waals surface area contributed by atoms with Gasteiger partial charge < -0.3 is 10.1 Å². The molecule has 2 aromatic heterocycles. The Hall–Kier alpha value is -1.76. The van der Waals surface area contributed by atoms with E-state index in [1.54, 1.807) is 18.3 Å². The highest BCUT2D eigenvalue weighted by Crippen LogP contribution is 2.53. The van der Waals surface area contributed by atoms with Crippen molar-refractivity contribution in [1.82, 2.24) is 15.3 Å². The average Bonchev–Trinajstić information content (AvgIpc) is 3.39. The maximum atomic E-state index is 15.6. The fraction of sp³-hybridized carbons (Fsp3) is 0.353. The van der Waals surface area contributed by atoms with Crippen molar-refractivity contribution in [3.8, 4) is 0 Å². The minimum Gasteiger partial charge on any atom is -0.363 e. The summed E-state index contributed by atoms with van der Waals surface area (Å²) in [6.07, 6.45) is 3.47. The summed E-state index contributed by atoms with van der Waals surface area (Å²) in [6.45, 7) is 0.525. The molecule has 1 amide bonds. The van der Waals surface area contributed by atoms with Crippen LogP contribution < -0.4 is 5.32 Å². The zero-order chi connectivity index (χ0) is 17.7. The lowest BCUT2D eigenvalue weighted by molar-refractivity contribution is -0.135. The van der Waals surface area contributed by atoms with E-state index in [0.717, 1.165) is 0 Å². The number of halogens is 3. The number of nitrogens with one attached hydrogen (secondary N) is 1. The van der Waals surface area contributed by atoms with E-state index in [0.29, 0.717) is 34.5 Å². The predicted molar refractivity (Wildman–Crippen MR) is 90.0 cm³/mol. The number of nitrogens with zero attached hydrogens (tertiary/aromatic N) is 2. The van der Waals surface area contributed by atoms with E-state index < -0.39 is 17.2 Å². The number of hydrogen-bond acceptors (Lipinski definition) is 4. The standard InChI is InChI=1S/C17H14Cl2FN3O2/c18-10-6-12(19)13(22-7-10)8-23-15(24)17(20)4-3-16(9-25-16)14-11(17)2-1-5-21-14/h1-2,5-7H,3-4,8-9H2,(H,23,24)/t16-,17+/m1/s1. The Morgan fingerprint density at radius 3 is 2.88 bits per heavy atom. The van der Waals surface area contributed by atoms with Crippen LogP contribution in [0.5, 0.6) is 0 Å². The zero-order valence-corrected chi connectivity index (χ0v) is 14.6. The number of rotatable bonds is 3. The largest absolute Gasteiger partial charge is 0.363 e. The monoisotopic (exact) mass is 381 g/mol. The van der Waals surface area contributed by atoms with Gasteiger partial charge in [0.15, 0.2) is 0 Å². The molecule has 1 N–H and O–H groups in total. The van der Waals surface area contributed by atoms with Crippen LogP contribution in [0.3, 0.4) is 0 Å². The molecule has 1 aliphatic heterocycles. The van der Waals surface area contributed by atoms with Crippen molar-refractivity contribution in [3.63, 3.8) is 0 Å². The van der Waals surface area contributed by atoms with Gasteiger partial charge in [-0.05, 0) is 25.0 Å². The number of aromatic nitrogens is 2. The summed E-state index contributed by atoms with van der Waals surface area (Å²) in [6, 6.07) is 4.74. The Bertz CT molecular complexity index is 860. The molecular formula is C17H14Cl2FN3O2. The average molecular weight is 382 g/mol. The van der Waals surface area contributed by atoms with E-state index in [1.165, 1.54) is 12.3 Å². The fourth-order valence-electron chi connectivity index (χ4n) is 3.20. The van der Waals surface area contributed by atoms with Crippen LogP contribution in [0.15, 0.2) is 30.6 Å². The summed E-state index contributed by atoms with van der Waals surface area (Å²) < 4.78 is 21.1. The summed E-state index contributed by atoms with van der Waals surface area (Å²) in [7, 11) is 0. The Morgan fingerprint density at radius 2 is 2.16 bits per heavy atom. The first kappa shape index (κ1) is 16.7. The third-order valence-corrected chi connectivity index (χ3v) is 5.23. The fourth-order valence-corrected chi connectivity index (χ4v) is 3.64. The van der Waals surface area contributed by atoms with Crippen LogP contribution >= 0.6 is 23.2 Å². The van der Waals surface area contributed by atoms with Gasteiger partial charge in [-0.15, -0.1) is 0 Å². The third-order valence-electron chi connectivity index (χ3n) is 4.69. The molecule has 0 saturated carbocycles. The Morgan fingerprint density at radius 1 is 1.36 bits per heavy atom. The second-order valence-corrected chi connectivity index (χ2v) is 7.09. The minimum absolute atomic E-state index is 0.0117. The molecule has 1 fully saturated rings. The molecule has 2 atom stereocenters. The quantitative estimate of drug-likeness (QED) is 0.828. The van der Waals surface area contributed by atoms with Gasteiger partial charge in [-0.2, -0.15) is 0 Å². The lowest BCUT2D eigenvalue weighted by Gasteiger charge is -2.33. The highest BCUT2D eigenvalue weighted by molar-refractivity contribution is 6.34. The number of fused-ring (bicyclic) bond motifs is 2. The van der Waals surface area contributed by atoms with Crippen molar-refractivity contribution in [3.05, 3.63) is 57.6 Å². The molecule has 1 spiro atoms. The Kier molecular flexibility index (Phi) is 3.94. The molecule has 1 aliphatic carbocycles. The van der Waals surface area contributed by atoms with Gasteiger partial charge in [0.2, 0.25) is 5.67 Å². The van der Waals surface area contributed by atoms with Gasteiger partial charge in [0.25, 0.3) is 5.91 Å². The molecule has 2 aromatic rings. The number of amides is 1. The SMILES string of the molecule is O=C(NCc1ncc(Cl)cc1Cl)[C@]1(F)CC[C@@]2(CO2)c2ncccc21. The van der Waals surface area contributed by atoms with E-state index in [9.17, 15) is 4.79 Å². The maximum Gasteiger partial charge on any atom is 0.262 e. The maximum absolute atomic E-state index is 15.6. The second-order valence-electron chi connectivity index (χ2n) is 6.25. The molecule has 2 aliphatic rings. The van der Waals surface area contributed by atoms with Crippen LogP contribution in [-0.4, -0.2) is 22.5 Å². The van der Waals surface area contributed by atoms with Crippen LogP contribution in [0, 0.1) is 0 Å². The van der Waals surface area contributed by atoms with Crippen LogP contribution in [-0.2, 0) is 27.3 Å². The highest BCUT2D eigenvalue weighted by atomic mass is 35.5. The number of epoxide rings is 1.